The van der Waals surface area contributed by atoms with Gasteiger partial charge in [0.05, 0.1) is 17.2 Å². The van der Waals surface area contributed by atoms with Crippen LogP contribution in [0.1, 0.15) is 107 Å². The van der Waals surface area contributed by atoms with Crippen LogP contribution in [-0.2, 0) is 5.41 Å². The number of rotatable bonds is 5. The summed E-state index contributed by atoms with van der Waals surface area (Å²) < 4.78 is 6.62. The summed E-state index contributed by atoms with van der Waals surface area (Å²) in [6.45, 7) is 9.68. The summed E-state index contributed by atoms with van der Waals surface area (Å²) in [5, 5.41) is 0. The second-order valence-corrected chi connectivity index (χ2v) is 16.0. The van der Waals surface area contributed by atoms with Crippen LogP contribution in [0.3, 0.4) is 0 Å². The van der Waals surface area contributed by atoms with E-state index >= 15 is 0 Å². The van der Waals surface area contributed by atoms with E-state index in [-0.39, 0.29) is 11.5 Å². The van der Waals surface area contributed by atoms with Crippen molar-refractivity contribution in [3.05, 3.63) is 160 Å². The standard InChI is InChI=1S/C49H51NO/c1-32-16-13-20-39-38(32)19-14-21-40(39)45-31-41(34(3)48(50-45)36-17-5-4-6-18-36)35-27-29-37(30-28-35)49(42-22-8-7-15-33(42)2)43-23-9-11-25-46(43)51-47-26-12-10-24-44(47)49/h8-12,17,21-33,42,48H,3-7,13-16,18-20H2,1-2H3. The van der Waals surface area contributed by atoms with Gasteiger partial charge in [-0.05, 0) is 146 Å². The monoisotopic (exact) mass is 669 g/mol. The van der Waals surface area contributed by atoms with Gasteiger partial charge in [0.15, 0.2) is 0 Å². The van der Waals surface area contributed by atoms with Gasteiger partial charge in [-0.25, -0.2) is 0 Å². The minimum absolute atomic E-state index is 0.0154. The number of benzene rings is 3. The highest BCUT2D eigenvalue weighted by atomic mass is 16.5. The first-order valence-corrected chi connectivity index (χ1v) is 19.8. The lowest BCUT2D eigenvalue weighted by molar-refractivity contribution is 0.276. The summed E-state index contributed by atoms with van der Waals surface area (Å²) in [6.07, 6.45) is 25.5. The third-order valence-electron chi connectivity index (χ3n) is 13.1. The quantitative estimate of drug-likeness (QED) is 0.248. The van der Waals surface area contributed by atoms with Crippen molar-refractivity contribution in [2.75, 3.05) is 0 Å². The molecule has 4 atom stereocenters. The van der Waals surface area contributed by atoms with E-state index in [9.17, 15) is 0 Å². The highest BCUT2D eigenvalue weighted by Gasteiger charge is 2.50. The molecule has 0 N–H and O–H groups in total. The van der Waals surface area contributed by atoms with Crippen molar-refractivity contribution in [2.24, 2.45) is 22.7 Å². The van der Waals surface area contributed by atoms with E-state index in [0.717, 1.165) is 42.8 Å². The number of nitrogens with zero attached hydrogens (tertiary/aromatic N) is 1. The number of ether oxygens (including phenoxy) is 1. The summed E-state index contributed by atoms with van der Waals surface area (Å²) in [7, 11) is 0. The maximum atomic E-state index is 6.62. The van der Waals surface area contributed by atoms with E-state index in [4.69, 9.17) is 16.3 Å². The van der Waals surface area contributed by atoms with Gasteiger partial charge in [-0.2, -0.15) is 0 Å². The first kappa shape index (κ1) is 32.5. The van der Waals surface area contributed by atoms with Crippen molar-refractivity contribution in [3.63, 3.8) is 0 Å². The van der Waals surface area contributed by atoms with E-state index in [0.29, 0.717) is 17.8 Å². The third-order valence-corrected chi connectivity index (χ3v) is 13.1. The van der Waals surface area contributed by atoms with E-state index in [1.807, 2.05) is 0 Å². The Balaban J connectivity index is 1.19. The van der Waals surface area contributed by atoms with Crippen LogP contribution in [0.5, 0.6) is 11.5 Å². The average Bonchev–Trinajstić information content (AvgIpc) is 3.18. The molecule has 0 amide bonds. The number of hydrogen-bond donors (Lipinski definition) is 0. The van der Waals surface area contributed by atoms with Gasteiger partial charge in [0, 0.05) is 11.1 Å². The molecule has 0 saturated heterocycles. The molecule has 9 rings (SSSR count). The molecule has 4 aliphatic carbocycles. The molecular formula is C49H51NO. The molecule has 0 spiro atoms. The van der Waals surface area contributed by atoms with E-state index in [2.05, 4.69) is 117 Å². The normalized spacial score (nSPS) is 26.8. The molecule has 2 heteroatoms. The lowest BCUT2D eigenvalue weighted by Crippen LogP contribution is -2.43. The van der Waals surface area contributed by atoms with Crippen molar-refractivity contribution < 1.29 is 4.74 Å². The lowest BCUT2D eigenvalue weighted by Gasteiger charge is -2.48. The first-order valence-electron chi connectivity index (χ1n) is 19.8. The molecule has 2 heterocycles. The van der Waals surface area contributed by atoms with Crippen LogP contribution in [0.2, 0.25) is 0 Å². The second-order valence-electron chi connectivity index (χ2n) is 16.0. The van der Waals surface area contributed by atoms with Crippen molar-refractivity contribution in [1.82, 2.24) is 0 Å². The van der Waals surface area contributed by atoms with Crippen molar-refractivity contribution in [3.8, 4) is 11.5 Å². The van der Waals surface area contributed by atoms with E-state index in [1.54, 1.807) is 11.1 Å². The van der Waals surface area contributed by atoms with Crippen LogP contribution in [0.4, 0.5) is 0 Å². The maximum Gasteiger partial charge on any atom is 0.131 e. The molecule has 0 saturated carbocycles. The smallest absolute Gasteiger partial charge is 0.131 e. The molecule has 3 aromatic rings. The number of hydrogen-bond acceptors (Lipinski definition) is 2. The largest absolute Gasteiger partial charge is 0.457 e. The molecule has 0 bridgehead atoms. The Hall–Kier alpha value is -4.43. The Morgan fingerprint density at radius 1 is 0.745 bits per heavy atom. The predicted molar refractivity (Wildman–Crippen MR) is 213 cm³/mol. The van der Waals surface area contributed by atoms with Crippen LogP contribution in [-0.4, -0.2) is 11.8 Å². The molecule has 0 radical (unpaired) electrons. The topological polar surface area (TPSA) is 21.6 Å². The van der Waals surface area contributed by atoms with Crippen LogP contribution in [0.25, 0.3) is 5.57 Å². The molecule has 51 heavy (non-hydrogen) atoms. The van der Waals surface area contributed by atoms with Gasteiger partial charge in [-0.3, -0.25) is 4.99 Å². The number of aliphatic imine (C=N–C) groups is 1. The van der Waals surface area contributed by atoms with Crippen LogP contribution in [0.15, 0.2) is 143 Å². The van der Waals surface area contributed by atoms with Gasteiger partial charge in [0.2, 0.25) is 0 Å². The van der Waals surface area contributed by atoms with Crippen LogP contribution < -0.4 is 4.74 Å². The Labute approximate surface area is 305 Å². The molecule has 4 unspecified atom stereocenters. The summed E-state index contributed by atoms with van der Waals surface area (Å²) in [5.41, 5.74) is 14.4. The zero-order chi connectivity index (χ0) is 34.5. The molecule has 0 fully saturated rings. The first-order chi connectivity index (χ1) is 25.0. The fourth-order valence-electron chi connectivity index (χ4n) is 10.5. The fraction of sp³-hybridized carbons (Fsp3) is 0.367. The molecule has 3 aromatic carbocycles. The van der Waals surface area contributed by atoms with Gasteiger partial charge in [0.25, 0.3) is 0 Å². The number of dihydropyridines is 1. The number of allylic oxidation sites excluding steroid dienone is 8. The van der Waals surface area contributed by atoms with Gasteiger partial charge in [-0.15, -0.1) is 0 Å². The van der Waals surface area contributed by atoms with Crippen LogP contribution >= 0.6 is 0 Å². The predicted octanol–water partition coefficient (Wildman–Crippen LogP) is 12.8. The third kappa shape index (κ3) is 5.40. The Kier molecular flexibility index (Phi) is 8.45. The molecular weight excluding hydrogens is 619 g/mol. The highest BCUT2D eigenvalue weighted by molar-refractivity contribution is 6.17. The summed E-state index contributed by atoms with van der Waals surface area (Å²) >= 11 is 0. The van der Waals surface area contributed by atoms with Gasteiger partial charge < -0.3 is 4.74 Å². The van der Waals surface area contributed by atoms with E-state index < -0.39 is 0 Å². The van der Waals surface area contributed by atoms with E-state index in [1.165, 1.54) is 89.6 Å². The molecule has 6 aliphatic rings. The van der Waals surface area contributed by atoms with Gasteiger partial charge in [0.1, 0.15) is 11.5 Å². The fourth-order valence-corrected chi connectivity index (χ4v) is 10.5. The lowest BCUT2D eigenvalue weighted by atomic mass is 9.56. The Morgan fingerprint density at radius 3 is 2.24 bits per heavy atom. The van der Waals surface area contributed by atoms with Crippen molar-refractivity contribution >= 4 is 11.3 Å². The second kappa shape index (κ2) is 13.3. The molecule has 2 aliphatic heterocycles. The zero-order valence-corrected chi connectivity index (χ0v) is 30.5. The number of fused-ring (bicyclic) bond motifs is 2. The van der Waals surface area contributed by atoms with Crippen molar-refractivity contribution in [2.45, 2.75) is 95.9 Å². The Morgan fingerprint density at radius 2 is 1.51 bits per heavy atom. The molecule has 2 nitrogen and oxygen atoms in total. The minimum atomic E-state index is -0.367. The zero-order valence-electron chi connectivity index (χ0n) is 30.5. The summed E-state index contributed by atoms with van der Waals surface area (Å²) in [4.78, 5) is 5.57. The highest BCUT2D eigenvalue weighted by Crippen LogP contribution is 2.58. The molecule has 258 valence electrons. The maximum absolute atomic E-state index is 6.62. The minimum Gasteiger partial charge on any atom is -0.457 e. The van der Waals surface area contributed by atoms with Crippen molar-refractivity contribution in [1.29, 1.82) is 0 Å². The van der Waals surface area contributed by atoms with Gasteiger partial charge in [-0.1, -0.05) is 111 Å². The Bertz CT molecular complexity index is 2020. The average molecular weight is 670 g/mol. The SMILES string of the molecule is C=C1C(c2ccc(C3(C4C=CCCC4C)c4ccccc4Oc4ccccc43)cc2)=CC(C2=CCCC3=C2CCCC3C)=NC1C1=CCCCC1. The molecule has 0 aromatic heterocycles. The van der Waals surface area contributed by atoms with Gasteiger partial charge >= 0.3 is 0 Å². The summed E-state index contributed by atoms with van der Waals surface area (Å²) in [6, 6.07) is 27.1. The summed E-state index contributed by atoms with van der Waals surface area (Å²) in [5.74, 6) is 3.42. The van der Waals surface area contributed by atoms with Crippen LogP contribution in [0, 0.1) is 17.8 Å². The number of para-hydroxylation sites is 2.